The van der Waals surface area contributed by atoms with E-state index in [4.69, 9.17) is 19.4 Å². The van der Waals surface area contributed by atoms with Crippen LogP contribution >= 0.6 is 0 Å². The van der Waals surface area contributed by atoms with Crippen LogP contribution in [0.1, 0.15) is 40.5 Å². The van der Waals surface area contributed by atoms with E-state index >= 15 is 0 Å². The zero-order valence-corrected chi connectivity index (χ0v) is 24.3. The minimum atomic E-state index is -3.28. The number of hydrogen-bond donors (Lipinski definition) is 0. The van der Waals surface area contributed by atoms with Crippen molar-refractivity contribution in [1.82, 2.24) is 19.2 Å². The minimum Gasteiger partial charge on any atom is -0.493 e. The predicted octanol–water partition coefficient (Wildman–Crippen LogP) is 3.07. The summed E-state index contributed by atoms with van der Waals surface area (Å²) in [6, 6.07) is 3.86. The molecule has 0 spiro atoms. The summed E-state index contributed by atoms with van der Waals surface area (Å²) in [5.41, 5.74) is 0.767. The maximum Gasteiger partial charge on any atom is 0.227 e. The molecule has 1 saturated heterocycles. The average molecular weight is 537 g/mol. The Balaban J connectivity index is 1.86. The summed E-state index contributed by atoms with van der Waals surface area (Å²) in [6.07, 6.45) is 2.07. The first-order chi connectivity index (χ1) is 17.6. The second-order valence-electron chi connectivity index (χ2n) is 9.88. The number of nitrogens with zero attached hydrogens (tertiary/aromatic N) is 6. The van der Waals surface area contributed by atoms with Gasteiger partial charge in [-0.15, -0.1) is 0 Å². The summed E-state index contributed by atoms with van der Waals surface area (Å²) in [4.78, 5) is 16.1. The molecule has 1 aromatic heterocycles. The van der Waals surface area contributed by atoms with Crippen LogP contribution < -0.4 is 19.3 Å². The molecule has 10 nitrogen and oxygen atoms in total. The van der Waals surface area contributed by atoms with Gasteiger partial charge in [0.1, 0.15) is 5.82 Å². The molecule has 1 aliphatic rings. The number of rotatable bonds is 13. The van der Waals surface area contributed by atoms with Gasteiger partial charge in [0, 0.05) is 58.3 Å². The van der Waals surface area contributed by atoms with Crippen molar-refractivity contribution in [1.29, 1.82) is 0 Å². The van der Waals surface area contributed by atoms with E-state index in [9.17, 15) is 8.42 Å². The molecular formula is C26H44N6O4S. The molecule has 0 radical (unpaired) electrons. The molecule has 1 fully saturated rings. The molecule has 2 heterocycles. The van der Waals surface area contributed by atoms with E-state index in [2.05, 4.69) is 23.6 Å². The lowest BCUT2D eigenvalue weighted by atomic mass is 10.2. The van der Waals surface area contributed by atoms with Crippen molar-refractivity contribution >= 4 is 32.7 Å². The van der Waals surface area contributed by atoms with Crippen LogP contribution in [-0.2, 0) is 10.0 Å². The summed E-state index contributed by atoms with van der Waals surface area (Å²) in [5, 5.41) is 0.425. The molecule has 0 N–H and O–H groups in total. The Morgan fingerprint density at radius 3 is 2.30 bits per heavy atom. The van der Waals surface area contributed by atoms with Crippen LogP contribution in [0.3, 0.4) is 0 Å². The molecule has 208 valence electrons. The van der Waals surface area contributed by atoms with Crippen molar-refractivity contribution in [2.24, 2.45) is 0 Å². The van der Waals surface area contributed by atoms with Crippen LogP contribution in [0.15, 0.2) is 12.1 Å². The number of hydrogen-bond acceptors (Lipinski definition) is 9. The molecule has 0 bridgehead atoms. The molecule has 3 rings (SSSR count). The second kappa shape index (κ2) is 12.9. The molecule has 0 atom stereocenters. The van der Waals surface area contributed by atoms with E-state index in [-0.39, 0.29) is 0 Å². The Bertz CT molecular complexity index is 1130. The van der Waals surface area contributed by atoms with Gasteiger partial charge < -0.3 is 24.2 Å². The highest BCUT2D eigenvalue weighted by molar-refractivity contribution is 7.89. The number of aromatic nitrogens is 2. The number of benzene rings is 1. The van der Waals surface area contributed by atoms with Gasteiger partial charge >= 0.3 is 0 Å². The standard InChI is InChI=1S/C26H44N6O4S/c1-8-11-30(9-2)12-10-17-36-24-19-22-21(18-23(24)35-7)25(28-26(27-22)29(5)6)31-13-15-32(16-14-31)37(33,34)20(3)4/h18-20H,8-17H2,1-7H3. The van der Waals surface area contributed by atoms with Gasteiger partial charge in [-0.3, -0.25) is 0 Å². The minimum absolute atomic E-state index is 0.425. The lowest BCUT2D eigenvalue weighted by molar-refractivity contribution is 0.236. The van der Waals surface area contributed by atoms with E-state index in [0.717, 1.165) is 49.2 Å². The third-order valence-electron chi connectivity index (χ3n) is 6.71. The third kappa shape index (κ3) is 6.94. The van der Waals surface area contributed by atoms with Gasteiger partial charge in [-0.1, -0.05) is 13.8 Å². The van der Waals surface area contributed by atoms with Crippen LogP contribution in [0.2, 0.25) is 0 Å². The highest BCUT2D eigenvalue weighted by Crippen LogP contribution is 2.36. The fourth-order valence-electron chi connectivity index (χ4n) is 4.49. The summed E-state index contributed by atoms with van der Waals surface area (Å²) in [7, 11) is 2.18. The lowest BCUT2D eigenvalue weighted by Gasteiger charge is -2.36. The maximum atomic E-state index is 12.6. The van der Waals surface area contributed by atoms with E-state index in [1.807, 2.05) is 31.1 Å². The van der Waals surface area contributed by atoms with E-state index in [1.54, 1.807) is 25.3 Å². The zero-order valence-electron chi connectivity index (χ0n) is 23.5. The summed E-state index contributed by atoms with van der Waals surface area (Å²) in [6.45, 7) is 13.5. The fraction of sp³-hybridized carbons (Fsp3) is 0.692. The molecule has 11 heteroatoms. The molecule has 1 aromatic carbocycles. The first-order valence-electron chi connectivity index (χ1n) is 13.3. The molecule has 37 heavy (non-hydrogen) atoms. The fourth-order valence-corrected chi connectivity index (χ4v) is 5.76. The molecule has 0 unspecified atom stereocenters. The monoisotopic (exact) mass is 536 g/mol. The van der Waals surface area contributed by atoms with Gasteiger partial charge in [0.2, 0.25) is 16.0 Å². The van der Waals surface area contributed by atoms with Crippen LogP contribution in [-0.4, -0.2) is 106 Å². The zero-order chi connectivity index (χ0) is 27.2. The van der Waals surface area contributed by atoms with E-state index < -0.39 is 15.3 Å². The van der Waals surface area contributed by atoms with Gasteiger partial charge in [-0.25, -0.2) is 13.4 Å². The maximum absolute atomic E-state index is 12.6. The Labute approximate surface area is 222 Å². The van der Waals surface area contributed by atoms with Crippen molar-refractivity contribution in [3.8, 4) is 11.5 Å². The number of piperazine rings is 1. The van der Waals surface area contributed by atoms with Gasteiger partial charge in [-0.2, -0.15) is 9.29 Å². The molecule has 0 amide bonds. The van der Waals surface area contributed by atoms with Crippen LogP contribution in [0.5, 0.6) is 11.5 Å². The van der Waals surface area contributed by atoms with Crippen LogP contribution in [0, 0.1) is 0 Å². The predicted molar refractivity (Wildman–Crippen MR) is 151 cm³/mol. The second-order valence-corrected chi connectivity index (χ2v) is 12.4. The van der Waals surface area contributed by atoms with E-state index in [1.165, 1.54) is 0 Å². The van der Waals surface area contributed by atoms with Crippen molar-refractivity contribution < 1.29 is 17.9 Å². The smallest absolute Gasteiger partial charge is 0.227 e. The van der Waals surface area contributed by atoms with Crippen molar-refractivity contribution in [3.05, 3.63) is 12.1 Å². The highest BCUT2D eigenvalue weighted by Gasteiger charge is 2.30. The van der Waals surface area contributed by atoms with Gasteiger partial charge in [0.25, 0.3) is 0 Å². The Hall–Kier alpha value is -2.37. The van der Waals surface area contributed by atoms with Crippen molar-refractivity contribution in [2.45, 2.75) is 45.8 Å². The molecule has 0 saturated carbocycles. The van der Waals surface area contributed by atoms with Gasteiger partial charge in [-0.05, 0) is 45.8 Å². The first-order valence-corrected chi connectivity index (χ1v) is 14.8. The molecule has 2 aromatic rings. The number of fused-ring (bicyclic) bond motifs is 1. The van der Waals surface area contributed by atoms with Crippen LogP contribution in [0.4, 0.5) is 11.8 Å². The van der Waals surface area contributed by atoms with Gasteiger partial charge in [0.05, 0.1) is 24.5 Å². The van der Waals surface area contributed by atoms with Crippen LogP contribution in [0.25, 0.3) is 10.9 Å². The third-order valence-corrected chi connectivity index (χ3v) is 8.98. The van der Waals surface area contributed by atoms with Crippen molar-refractivity contribution in [3.63, 3.8) is 0 Å². The van der Waals surface area contributed by atoms with E-state index in [0.29, 0.717) is 50.2 Å². The molecule has 1 aliphatic heterocycles. The lowest BCUT2D eigenvalue weighted by Crippen LogP contribution is -2.50. The van der Waals surface area contributed by atoms with Gasteiger partial charge in [0.15, 0.2) is 11.5 Å². The average Bonchev–Trinajstić information content (AvgIpc) is 2.89. The number of anilines is 2. The Morgan fingerprint density at radius 1 is 1.03 bits per heavy atom. The molecule has 0 aliphatic carbocycles. The number of ether oxygens (including phenoxy) is 2. The Morgan fingerprint density at radius 2 is 1.73 bits per heavy atom. The largest absolute Gasteiger partial charge is 0.493 e. The summed E-state index contributed by atoms with van der Waals surface area (Å²) >= 11 is 0. The molecular weight excluding hydrogens is 492 g/mol. The topological polar surface area (TPSA) is 91.3 Å². The first kappa shape index (κ1) is 29.2. The summed E-state index contributed by atoms with van der Waals surface area (Å²) < 4.78 is 38.7. The SMILES string of the molecule is CCCN(CC)CCCOc1cc2nc(N(C)C)nc(N3CCN(S(=O)(=O)C(C)C)CC3)c2cc1OC. The summed E-state index contributed by atoms with van der Waals surface area (Å²) in [5.74, 6) is 2.67. The number of sulfonamides is 1. The quantitative estimate of drug-likeness (QED) is 0.358. The number of methoxy groups -OCH3 is 1. The normalized spacial score (nSPS) is 15.1. The Kier molecular flexibility index (Phi) is 10.2. The van der Waals surface area contributed by atoms with Crippen molar-refractivity contribution in [2.75, 3.05) is 83.4 Å². The highest BCUT2D eigenvalue weighted by atomic mass is 32.2.